The number of likely N-dealkylation sites (N-methyl/N-ethyl adjacent to an activating group) is 1. The first-order chi connectivity index (χ1) is 10.2. The van der Waals surface area contributed by atoms with Crippen molar-refractivity contribution in [1.82, 2.24) is 4.90 Å². The Labute approximate surface area is 127 Å². The summed E-state index contributed by atoms with van der Waals surface area (Å²) in [5.74, 6) is 1.44. The van der Waals surface area contributed by atoms with E-state index in [2.05, 4.69) is 0 Å². The summed E-state index contributed by atoms with van der Waals surface area (Å²) in [6, 6.07) is 9.63. The van der Waals surface area contributed by atoms with Crippen molar-refractivity contribution in [1.29, 1.82) is 0 Å². The zero-order chi connectivity index (χ0) is 14.7. The Morgan fingerprint density at radius 2 is 2.19 bits per heavy atom. The van der Waals surface area contributed by atoms with Gasteiger partial charge in [-0.15, -0.1) is 11.3 Å². The van der Waals surface area contributed by atoms with Crippen LogP contribution in [0, 0.1) is 0 Å². The van der Waals surface area contributed by atoms with Gasteiger partial charge in [-0.05, 0) is 35.2 Å². The van der Waals surface area contributed by atoms with Gasteiger partial charge in [-0.2, -0.15) is 0 Å². The monoisotopic (exact) mass is 301 g/mol. The number of carbonyl (C=O) groups excluding carboxylic acids is 1. The molecule has 1 aromatic heterocycles. The second kappa shape index (κ2) is 6.01. The van der Waals surface area contributed by atoms with Crippen LogP contribution in [0.1, 0.15) is 10.4 Å². The van der Waals surface area contributed by atoms with Crippen LogP contribution < -0.4 is 9.47 Å². The molecule has 2 aromatic rings. The fraction of sp³-hybridized carbons (Fsp3) is 0.188. The molecule has 0 aliphatic carbocycles. The second-order valence-corrected chi connectivity index (χ2v) is 5.75. The third kappa shape index (κ3) is 3.25. The molecular weight excluding hydrogens is 286 g/mol. The minimum atomic E-state index is -0.0268. The van der Waals surface area contributed by atoms with Crippen LogP contribution in [-0.4, -0.2) is 24.6 Å². The van der Waals surface area contributed by atoms with Gasteiger partial charge in [0.15, 0.2) is 11.5 Å². The summed E-state index contributed by atoms with van der Waals surface area (Å²) < 4.78 is 10.6. The van der Waals surface area contributed by atoms with Gasteiger partial charge in [0.1, 0.15) is 0 Å². The summed E-state index contributed by atoms with van der Waals surface area (Å²) in [7, 11) is 1.80. The summed E-state index contributed by atoms with van der Waals surface area (Å²) in [5, 5.41) is 2.01. The molecule has 4 nitrogen and oxygen atoms in total. The first-order valence-corrected chi connectivity index (χ1v) is 7.45. The van der Waals surface area contributed by atoms with Crippen molar-refractivity contribution in [2.75, 3.05) is 13.8 Å². The number of thiophene rings is 1. The van der Waals surface area contributed by atoms with Crippen LogP contribution in [0.25, 0.3) is 6.08 Å². The maximum atomic E-state index is 12.1. The normalized spacial score (nSPS) is 12.8. The Morgan fingerprint density at radius 1 is 1.33 bits per heavy atom. The molecule has 0 fully saturated rings. The molecule has 0 unspecified atom stereocenters. The molecule has 0 radical (unpaired) electrons. The third-order valence-electron chi connectivity index (χ3n) is 3.16. The van der Waals surface area contributed by atoms with Crippen molar-refractivity contribution >= 4 is 23.3 Å². The Morgan fingerprint density at radius 3 is 3.00 bits per heavy atom. The van der Waals surface area contributed by atoms with Crippen molar-refractivity contribution in [3.05, 3.63) is 52.2 Å². The second-order valence-electron chi connectivity index (χ2n) is 4.72. The molecule has 0 spiro atoms. The summed E-state index contributed by atoms with van der Waals surface area (Å²) in [5.41, 5.74) is 0.914. The Bertz CT molecular complexity index is 664. The van der Waals surface area contributed by atoms with Gasteiger partial charge in [0.2, 0.25) is 12.7 Å². The molecule has 0 N–H and O–H groups in total. The molecule has 1 aromatic carbocycles. The number of ether oxygens (including phenoxy) is 2. The van der Waals surface area contributed by atoms with Gasteiger partial charge >= 0.3 is 0 Å². The zero-order valence-corrected chi connectivity index (χ0v) is 12.4. The van der Waals surface area contributed by atoms with E-state index in [9.17, 15) is 4.79 Å². The highest BCUT2D eigenvalue weighted by Crippen LogP contribution is 2.32. The third-order valence-corrected chi connectivity index (χ3v) is 4.03. The van der Waals surface area contributed by atoms with E-state index in [0.717, 1.165) is 17.1 Å². The van der Waals surface area contributed by atoms with Gasteiger partial charge in [0, 0.05) is 18.0 Å². The smallest absolute Gasteiger partial charge is 0.246 e. The fourth-order valence-electron chi connectivity index (χ4n) is 2.03. The highest BCUT2D eigenvalue weighted by molar-refractivity contribution is 7.09. The van der Waals surface area contributed by atoms with E-state index in [-0.39, 0.29) is 12.7 Å². The first-order valence-electron chi connectivity index (χ1n) is 6.57. The van der Waals surface area contributed by atoms with E-state index in [0.29, 0.717) is 6.54 Å². The lowest BCUT2D eigenvalue weighted by Gasteiger charge is -2.13. The van der Waals surface area contributed by atoms with Crippen LogP contribution in [0.5, 0.6) is 11.5 Å². The number of nitrogens with zero attached hydrogens (tertiary/aromatic N) is 1. The topological polar surface area (TPSA) is 38.8 Å². The van der Waals surface area contributed by atoms with Crippen LogP contribution in [0.3, 0.4) is 0 Å². The van der Waals surface area contributed by atoms with Gasteiger partial charge in [0.05, 0.1) is 6.54 Å². The van der Waals surface area contributed by atoms with E-state index in [1.165, 1.54) is 4.88 Å². The highest BCUT2D eigenvalue weighted by atomic mass is 32.1. The summed E-state index contributed by atoms with van der Waals surface area (Å²) in [6.07, 6.45) is 3.36. The minimum Gasteiger partial charge on any atom is -0.454 e. The van der Waals surface area contributed by atoms with Crippen molar-refractivity contribution in [2.24, 2.45) is 0 Å². The molecule has 5 heteroatoms. The van der Waals surface area contributed by atoms with E-state index in [4.69, 9.17) is 9.47 Å². The SMILES string of the molecule is CN(Cc1cccs1)C(=O)/C=C/c1ccc2c(c1)OCO2. The van der Waals surface area contributed by atoms with Crippen LogP contribution in [0.4, 0.5) is 0 Å². The lowest BCUT2D eigenvalue weighted by atomic mass is 10.2. The van der Waals surface area contributed by atoms with Gasteiger partial charge in [0.25, 0.3) is 0 Å². The number of amides is 1. The molecule has 1 amide bonds. The predicted octanol–water partition coefficient (Wildman–Crippen LogP) is 3.15. The molecule has 1 aliphatic heterocycles. The Hall–Kier alpha value is -2.27. The van der Waals surface area contributed by atoms with Gasteiger partial charge < -0.3 is 14.4 Å². The fourth-order valence-corrected chi connectivity index (χ4v) is 2.78. The minimum absolute atomic E-state index is 0.0268. The molecule has 1 aliphatic rings. The molecule has 0 saturated heterocycles. The van der Waals surface area contributed by atoms with Crippen LogP contribution in [-0.2, 0) is 11.3 Å². The Kier molecular flexibility index (Phi) is 3.92. The van der Waals surface area contributed by atoms with Crippen molar-refractivity contribution < 1.29 is 14.3 Å². The number of hydrogen-bond donors (Lipinski definition) is 0. The van der Waals surface area contributed by atoms with Gasteiger partial charge in [-0.25, -0.2) is 0 Å². The molecule has 0 bridgehead atoms. The number of carbonyl (C=O) groups is 1. The summed E-state index contributed by atoms with van der Waals surface area (Å²) in [6.45, 7) is 0.882. The van der Waals surface area contributed by atoms with Crippen molar-refractivity contribution in [3.8, 4) is 11.5 Å². The zero-order valence-electron chi connectivity index (χ0n) is 11.6. The standard InChI is InChI=1S/C16H15NO3S/c1-17(10-13-3-2-8-21-13)16(18)7-5-12-4-6-14-15(9-12)20-11-19-14/h2-9H,10-11H2,1H3/b7-5+. The highest BCUT2D eigenvalue weighted by Gasteiger charge is 2.12. The average Bonchev–Trinajstić information content (AvgIpc) is 3.14. The molecule has 0 saturated carbocycles. The quantitative estimate of drug-likeness (QED) is 0.814. The van der Waals surface area contributed by atoms with Gasteiger partial charge in [-0.1, -0.05) is 12.1 Å². The number of rotatable bonds is 4. The van der Waals surface area contributed by atoms with E-state index in [1.807, 2.05) is 35.7 Å². The van der Waals surface area contributed by atoms with Crippen LogP contribution >= 0.6 is 11.3 Å². The molecule has 108 valence electrons. The first kappa shape index (κ1) is 13.7. The van der Waals surface area contributed by atoms with E-state index < -0.39 is 0 Å². The van der Waals surface area contributed by atoms with Gasteiger partial charge in [-0.3, -0.25) is 4.79 Å². The number of fused-ring (bicyclic) bond motifs is 1. The maximum absolute atomic E-state index is 12.1. The molecular formula is C16H15NO3S. The molecule has 21 heavy (non-hydrogen) atoms. The number of hydrogen-bond acceptors (Lipinski definition) is 4. The summed E-state index contributed by atoms with van der Waals surface area (Å²) >= 11 is 1.65. The van der Waals surface area contributed by atoms with E-state index >= 15 is 0 Å². The lowest BCUT2D eigenvalue weighted by molar-refractivity contribution is -0.125. The van der Waals surface area contributed by atoms with E-state index in [1.54, 1.807) is 35.4 Å². The number of benzene rings is 1. The van der Waals surface area contributed by atoms with Crippen molar-refractivity contribution in [2.45, 2.75) is 6.54 Å². The van der Waals surface area contributed by atoms with Crippen LogP contribution in [0.2, 0.25) is 0 Å². The molecule has 3 rings (SSSR count). The average molecular weight is 301 g/mol. The van der Waals surface area contributed by atoms with Crippen LogP contribution in [0.15, 0.2) is 41.8 Å². The predicted molar refractivity (Wildman–Crippen MR) is 82.4 cm³/mol. The maximum Gasteiger partial charge on any atom is 0.246 e. The lowest BCUT2D eigenvalue weighted by Crippen LogP contribution is -2.23. The molecule has 2 heterocycles. The Balaban J connectivity index is 1.63. The van der Waals surface area contributed by atoms with Crippen molar-refractivity contribution in [3.63, 3.8) is 0 Å². The summed E-state index contributed by atoms with van der Waals surface area (Å²) in [4.78, 5) is 14.9. The largest absolute Gasteiger partial charge is 0.454 e. The molecule has 0 atom stereocenters.